The Morgan fingerprint density at radius 3 is 2.27 bits per heavy atom. The Balaban J connectivity index is 0.000000245. The molecule has 0 fully saturated rings. The number of hydrogen-bond donors (Lipinski definition) is 1. The standard InChI is InChI=1S/C16H14O3.C11H15NO2/c1-3-12(11-7-5-4-6-8-11)13-9-15(18)16(19-2)10-14(13)17;1-2-3-8-14-11(13)9-4-6-10(12)7-5-9/h3-10,12H,1H2,2H3;4-7H,2-3,8,12H2,1H3. The molecule has 1 unspecified atom stereocenters. The summed E-state index contributed by atoms with van der Waals surface area (Å²) in [5, 5.41) is 0. The molecule has 0 spiro atoms. The molecule has 6 heteroatoms. The predicted octanol–water partition coefficient (Wildman–Crippen LogP) is 4.79. The largest absolute Gasteiger partial charge is 0.493 e. The summed E-state index contributed by atoms with van der Waals surface area (Å²) in [5.41, 5.74) is 8.05. The quantitative estimate of drug-likeness (QED) is 0.205. The van der Waals surface area contributed by atoms with Gasteiger partial charge in [0.15, 0.2) is 11.5 Å². The number of nitrogens with two attached hydrogens (primary N) is 1. The average Bonchev–Trinajstić information content (AvgIpc) is 2.83. The average molecular weight is 448 g/mol. The number of rotatable bonds is 8. The minimum Gasteiger partial charge on any atom is -0.493 e. The van der Waals surface area contributed by atoms with Gasteiger partial charge in [-0.15, -0.1) is 6.58 Å². The third-order valence-corrected chi connectivity index (χ3v) is 4.90. The van der Waals surface area contributed by atoms with Crippen LogP contribution in [0.5, 0.6) is 0 Å². The van der Waals surface area contributed by atoms with Crippen molar-refractivity contribution in [2.24, 2.45) is 0 Å². The van der Waals surface area contributed by atoms with Crippen LogP contribution in [0, 0.1) is 0 Å². The van der Waals surface area contributed by atoms with Crippen LogP contribution in [0.25, 0.3) is 0 Å². The van der Waals surface area contributed by atoms with Crippen LogP contribution < -0.4 is 5.73 Å². The first-order chi connectivity index (χ1) is 15.9. The van der Waals surface area contributed by atoms with E-state index in [2.05, 4.69) is 13.5 Å². The van der Waals surface area contributed by atoms with Gasteiger partial charge in [0.1, 0.15) is 0 Å². The molecular formula is C27H29NO5. The van der Waals surface area contributed by atoms with Gasteiger partial charge < -0.3 is 15.2 Å². The molecule has 3 rings (SSSR count). The van der Waals surface area contributed by atoms with Gasteiger partial charge in [-0.25, -0.2) is 4.79 Å². The van der Waals surface area contributed by atoms with Crippen molar-refractivity contribution >= 4 is 23.2 Å². The third kappa shape index (κ3) is 7.31. The highest BCUT2D eigenvalue weighted by Gasteiger charge is 2.26. The molecule has 6 nitrogen and oxygen atoms in total. The van der Waals surface area contributed by atoms with Crippen molar-refractivity contribution in [3.63, 3.8) is 0 Å². The van der Waals surface area contributed by atoms with Crippen molar-refractivity contribution in [1.82, 2.24) is 0 Å². The molecule has 2 aromatic carbocycles. The van der Waals surface area contributed by atoms with Crippen LogP contribution in [-0.4, -0.2) is 31.3 Å². The van der Waals surface area contributed by atoms with Crippen molar-refractivity contribution in [3.05, 3.63) is 102 Å². The number of nitrogen functional groups attached to an aromatic ring is 1. The first-order valence-electron chi connectivity index (χ1n) is 10.7. The highest BCUT2D eigenvalue weighted by molar-refractivity contribution is 6.19. The van der Waals surface area contributed by atoms with Crippen molar-refractivity contribution < 1.29 is 23.9 Å². The number of carbonyl (C=O) groups excluding carboxylic acids is 3. The Hall–Kier alpha value is -3.93. The second-order valence-corrected chi connectivity index (χ2v) is 7.28. The maximum Gasteiger partial charge on any atom is 0.338 e. The summed E-state index contributed by atoms with van der Waals surface area (Å²) in [6.45, 7) is 6.29. The van der Waals surface area contributed by atoms with E-state index >= 15 is 0 Å². The molecule has 2 N–H and O–H groups in total. The third-order valence-electron chi connectivity index (χ3n) is 4.90. The first kappa shape index (κ1) is 25.3. The van der Waals surface area contributed by atoms with E-state index in [1.807, 2.05) is 30.3 Å². The molecule has 33 heavy (non-hydrogen) atoms. The number of benzene rings is 2. The Morgan fingerprint density at radius 1 is 1.03 bits per heavy atom. The molecule has 0 aromatic heterocycles. The lowest BCUT2D eigenvalue weighted by Gasteiger charge is -2.18. The van der Waals surface area contributed by atoms with E-state index in [0.717, 1.165) is 18.4 Å². The van der Waals surface area contributed by atoms with Crippen LogP contribution in [0.3, 0.4) is 0 Å². The van der Waals surface area contributed by atoms with Crippen molar-refractivity contribution in [2.75, 3.05) is 19.5 Å². The minimum atomic E-state index is -0.292. The second-order valence-electron chi connectivity index (χ2n) is 7.28. The van der Waals surface area contributed by atoms with E-state index in [4.69, 9.17) is 15.2 Å². The lowest BCUT2D eigenvalue weighted by atomic mass is 9.85. The number of anilines is 1. The summed E-state index contributed by atoms with van der Waals surface area (Å²) in [4.78, 5) is 35.2. The fourth-order valence-electron chi connectivity index (χ4n) is 3.07. The molecule has 0 radical (unpaired) electrons. The topological polar surface area (TPSA) is 95.7 Å². The number of carbonyl (C=O) groups is 3. The summed E-state index contributed by atoms with van der Waals surface area (Å²) in [6, 6.07) is 16.2. The van der Waals surface area contributed by atoms with E-state index < -0.39 is 0 Å². The normalized spacial score (nSPS) is 13.6. The fourth-order valence-corrected chi connectivity index (χ4v) is 3.07. The summed E-state index contributed by atoms with van der Waals surface area (Å²) in [7, 11) is 1.37. The Kier molecular flexibility index (Phi) is 9.83. The Bertz CT molecular complexity index is 1040. The molecule has 0 saturated carbocycles. The lowest BCUT2D eigenvalue weighted by molar-refractivity contribution is -0.117. The fraction of sp³-hybridized carbons (Fsp3) is 0.222. The monoisotopic (exact) mass is 447 g/mol. The number of esters is 1. The number of ketones is 2. The van der Waals surface area contributed by atoms with E-state index in [1.54, 1.807) is 30.3 Å². The summed E-state index contributed by atoms with van der Waals surface area (Å²) in [6.07, 6.45) is 6.16. The van der Waals surface area contributed by atoms with Crippen molar-refractivity contribution in [3.8, 4) is 0 Å². The molecule has 2 aromatic rings. The zero-order valence-electron chi connectivity index (χ0n) is 19.0. The van der Waals surface area contributed by atoms with Gasteiger partial charge in [0.2, 0.25) is 5.78 Å². The van der Waals surface area contributed by atoms with Crippen LogP contribution >= 0.6 is 0 Å². The molecule has 1 aliphatic carbocycles. The van der Waals surface area contributed by atoms with Gasteiger partial charge in [-0.05, 0) is 42.3 Å². The van der Waals surface area contributed by atoms with Crippen molar-refractivity contribution in [1.29, 1.82) is 0 Å². The van der Waals surface area contributed by atoms with Gasteiger partial charge in [-0.3, -0.25) is 9.59 Å². The zero-order chi connectivity index (χ0) is 24.2. The number of unbranched alkanes of at least 4 members (excludes halogenated alkanes) is 1. The number of hydrogen-bond acceptors (Lipinski definition) is 6. The molecule has 1 aliphatic rings. The van der Waals surface area contributed by atoms with Crippen LogP contribution in [0.1, 0.15) is 41.6 Å². The predicted molar refractivity (Wildman–Crippen MR) is 129 cm³/mol. The van der Waals surface area contributed by atoms with Gasteiger partial charge in [0.05, 0.1) is 19.3 Å². The molecule has 0 saturated heterocycles. The number of methoxy groups -OCH3 is 1. The number of ether oxygens (including phenoxy) is 2. The molecule has 0 bridgehead atoms. The van der Waals surface area contributed by atoms with Gasteiger partial charge >= 0.3 is 5.97 Å². The van der Waals surface area contributed by atoms with E-state index in [-0.39, 0.29) is 29.2 Å². The maximum atomic E-state index is 12.1. The van der Waals surface area contributed by atoms with Gasteiger partial charge in [0.25, 0.3) is 0 Å². The molecule has 0 heterocycles. The van der Waals surface area contributed by atoms with Gasteiger partial charge in [-0.1, -0.05) is 49.8 Å². The Labute approximate surface area is 194 Å². The molecule has 0 amide bonds. The lowest BCUT2D eigenvalue weighted by Crippen LogP contribution is -2.18. The Morgan fingerprint density at radius 2 is 1.70 bits per heavy atom. The second kappa shape index (κ2) is 12.8. The van der Waals surface area contributed by atoms with Crippen molar-refractivity contribution in [2.45, 2.75) is 25.7 Å². The zero-order valence-corrected chi connectivity index (χ0v) is 19.0. The maximum absolute atomic E-state index is 12.1. The van der Waals surface area contributed by atoms with Crippen LogP contribution in [-0.2, 0) is 19.1 Å². The van der Waals surface area contributed by atoms with E-state index in [1.165, 1.54) is 19.3 Å². The minimum absolute atomic E-state index is 0.0737. The summed E-state index contributed by atoms with van der Waals surface area (Å²) < 4.78 is 9.89. The summed E-state index contributed by atoms with van der Waals surface area (Å²) >= 11 is 0. The number of allylic oxidation sites excluding steroid dienone is 4. The van der Waals surface area contributed by atoms with E-state index in [0.29, 0.717) is 23.4 Å². The van der Waals surface area contributed by atoms with Crippen LogP contribution in [0.4, 0.5) is 5.69 Å². The molecule has 1 atom stereocenters. The smallest absolute Gasteiger partial charge is 0.338 e. The SMILES string of the molecule is C=CC(C1=CC(=O)C(OC)=CC1=O)c1ccccc1.CCCCOC(=O)c1ccc(N)cc1. The summed E-state index contributed by atoms with van der Waals surface area (Å²) in [5.74, 6) is -1.000. The van der Waals surface area contributed by atoms with Crippen LogP contribution in [0.2, 0.25) is 0 Å². The first-order valence-corrected chi connectivity index (χ1v) is 10.7. The molecule has 0 aliphatic heterocycles. The van der Waals surface area contributed by atoms with Gasteiger partial charge in [0, 0.05) is 23.3 Å². The molecular weight excluding hydrogens is 418 g/mol. The molecule has 172 valence electrons. The highest BCUT2D eigenvalue weighted by atomic mass is 16.5. The van der Waals surface area contributed by atoms with Gasteiger partial charge in [-0.2, -0.15) is 0 Å². The van der Waals surface area contributed by atoms with E-state index in [9.17, 15) is 14.4 Å². The highest BCUT2D eigenvalue weighted by Crippen LogP contribution is 2.29. The van der Waals surface area contributed by atoms with Crippen LogP contribution in [0.15, 0.2) is 90.7 Å².